The predicted octanol–water partition coefficient (Wildman–Crippen LogP) is 5.77. The molecule has 194 valence electrons. The van der Waals surface area contributed by atoms with Gasteiger partial charge in [0.05, 0.1) is 33.7 Å². The molecule has 0 bridgehead atoms. The Balaban J connectivity index is 1.83. The summed E-state index contributed by atoms with van der Waals surface area (Å²) in [7, 11) is 0. The maximum atomic E-state index is 12.5. The number of carboxylic acid groups (broad SMARTS) is 1. The number of nitro groups is 1. The van der Waals surface area contributed by atoms with Gasteiger partial charge in [0.15, 0.2) is 0 Å². The van der Waals surface area contributed by atoms with Crippen molar-refractivity contribution in [1.29, 1.82) is 0 Å². The maximum absolute atomic E-state index is 12.5. The van der Waals surface area contributed by atoms with Gasteiger partial charge in [0.1, 0.15) is 5.75 Å². The molecule has 1 fully saturated rings. The molecule has 0 aromatic heterocycles. The number of halogens is 2. The van der Waals surface area contributed by atoms with E-state index in [0.717, 1.165) is 0 Å². The molecule has 3 rings (SSSR count). The van der Waals surface area contributed by atoms with Crippen molar-refractivity contribution in [2.75, 3.05) is 19.6 Å². The molecule has 0 saturated carbocycles. The lowest BCUT2D eigenvalue weighted by Crippen LogP contribution is -2.43. The van der Waals surface area contributed by atoms with Crippen molar-refractivity contribution >= 4 is 41.1 Å². The molecule has 1 aliphatic rings. The first kappa shape index (κ1) is 27.5. The highest BCUT2D eigenvalue weighted by molar-refractivity contribution is 6.42. The average molecular weight is 540 g/mol. The molecule has 0 radical (unpaired) electrons. The molecule has 1 aliphatic heterocycles. The van der Waals surface area contributed by atoms with Crippen LogP contribution in [0.15, 0.2) is 42.5 Å². The fourth-order valence-corrected chi connectivity index (χ4v) is 4.13. The van der Waals surface area contributed by atoms with Crippen LogP contribution in [0.2, 0.25) is 10.0 Å². The SMILES string of the molecule is CC(C)(C)C1CN(C(=O)O)C[C@@H](CNC(=O)Oc2ccc([N+](=O)[O-])cc2)[C@H](c2ccc(Cl)c(Cl)c2)O1. The van der Waals surface area contributed by atoms with Crippen molar-refractivity contribution in [3.8, 4) is 5.75 Å². The molecular formula is C24H27Cl2N3O7. The molecule has 2 aromatic carbocycles. The third-order valence-electron chi connectivity index (χ3n) is 5.86. The van der Waals surface area contributed by atoms with E-state index in [1.54, 1.807) is 18.2 Å². The van der Waals surface area contributed by atoms with E-state index in [9.17, 15) is 24.8 Å². The molecule has 0 aliphatic carbocycles. The number of non-ortho nitro benzene ring substituents is 1. The molecule has 1 unspecified atom stereocenters. The van der Waals surface area contributed by atoms with E-state index in [1.165, 1.54) is 29.2 Å². The first-order valence-corrected chi connectivity index (χ1v) is 11.9. The van der Waals surface area contributed by atoms with Gasteiger partial charge in [-0.1, -0.05) is 50.0 Å². The van der Waals surface area contributed by atoms with Gasteiger partial charge < -0.3 is 24.8 Å². The Hall–Kier alpha value is -3.08. The van der Waals surface area contributed by atoms with Crippen molar-refractivity contribution < 1.29 is 29.1 Å². The lowest BCUT2D eigenvalue weighted by atomic mass is 9.88. The molecule has 12 heteroatoms. The molecule has 1 saturated heterocycles. The summed E-state index contributed by atoms with van der Waals surface area (Å²) in [6.45, 7) is 6.15. The minimum absolute atomic E-state index is 0.0252. The second kappa shape index (κ2) is 11.3. The van der Waals surface area contributed by atoms with E-state index >= 15 is 0 Å². The zero-order valence-corrected chi connectivity index (χ0v) is 21.5. The van der Waals surface area contributed by atoms with Gasteiger partial charge in [-0.2, -0.15) is 0 Å². The van der Waals surface area contributed by atoms with Gasteiger partial charge >= 0.3 is 12.2 Å². The number of ether oxygens (including phenoxy) is 2. The van der Waals surface area contributed by atoms with Gasteiger partial charge in [-0.05, 0) is 35.2 Å². The minimum atomic E-state index is -1.10. The van der Waals surface area contributed by atoms with Crippen LogP contribution in [0.4, 0.5) is 15.3 Å². The molecule has 2 amide bonds. The van der Waals surface area contributed by atoms with Crippen LogP contribution in [0.5, 0.6) is 5.75 Å². The standard InChI is InChI=1S/C24H27Cl2N3O7/c1-24(2,3)20-13-28(23(31)32)12-15(21(36-20)14-4-9-18(25)19(26)10-14)11-27-22(30)35-17-7-5-16(6-8-17)29(33)34/h4-10,15,20-21H,11-13H2,1-3H3,(H,27,30)(H,31,32)/t15-,20?,21+/m1/s1. The van der Waals surface area contributed by atoms with Crippen molar-refractivity contribution in [3.05, 3.63) is 68.2 Å². The predicted molar refractivity (Wildman–Crippen MR) is 134 cm³/mol. The number of hydrogen-bond donors (Lipinski definition) is 2. The topological polar surface area (TPSA) is 131 Å². The van der Waals surface area contributed by atoms with E-state index < -0.39 is 35.2 Å². The van der Waals surface area contributed by atoms with Gasteiger partial charge in [-0.3, -0.25) is 10.1 Å². The van der Waals surface area contributed by atoms with Crippen molar-refractivity contribution in [1.82, 2.24) is 10.2 Å². The van der Waals surface area contributed by atoms with Crippen molar-refractivity contribution in [2.24, 2.45) is 11.3 Å². The van der Waals surface area contributed by atoms with Crippen LogP contribution in [0.1, 0.15) is 32.4 Å². The van der Waals surface area contributed by atoms with Crippen LogP contribution in [-0.4, -0.2) is 52.9 Å². The Morgan fingerprint density at radius 1 is 1.17 bits per heavy atom. The fourth-order valence-electron chi connectivity index (χ4n) is 3.82. The van der Waals surface area contributed by atoms with Gasteiger partial charge in [0.25, 0.3) is 5.69 Å². The van der Waals surface area contributed by atoms with Gasteiger partial charge in [0.2, 0.25) is 0 Å². The van der Waals surface area contributed by atoms with E-state index in [0.29, 0.717) is 15.6 Å². The van der Waals surface area contributed by atoms with Crippen LogP contribution in [0.3, 0.4) is 0 Å². The highest BCUT2D eigenvalue weighted by Crippen LogP contribution is 2.38. The Morgan fingerprint density at radius 3 is 2.39 bits per heavy atom. The number of nitrogens with one attached hydrogen (secondary N) is 1. The third kappa shape index (κ3) is 6.99. The lowest BCUT2D eigenvalue weighted by molar-refractivity contribution is -0.384. The maximum Gasteiger partial charge on any atom is 0.412 e. The lowest BCUT2D eigenvalue weighted by Gasteiger charge is -2.34. The average Bonchev–Trinajstić information content (AvgIpc) is 3.00. The minimum Gasteiger partial charge on any atom is -0.465 e. The summed E-state index contributed by atoms with van der Waals surface area (Å²) in [6.07, 6.45) is -2.94. The largest absolute Gasteiger partial charge is 0.465 e. The van der Waals surface area contributed by atoms with Gasteiger partial charge in [0, 0.05) is 31.1 Å². The normalized spacial score (nSPS) is 20.4. The summed E-state index contributed by atoms with van der Waals surface area (Å²) in [5, 5.41) is 24.0. The fraction of sp³-hybridized carbons (Fsp3) is 0.417. The second-order valence-electron chi connectivity index (χ2n) is 9.55. The van der Waals surface area contributed by atoms with E-state index in [-0.39, 0.29) is 36.5 Å². The van der Waals surface area contributed by atoms with Gasteiger partial charge in [-0.15, -0.1) is 0 Å². The molecule has 1 heterocycles. The van der Waals surface area contributed by atoms with E-state index in [4.69, 9.17) is 32.7 Å². The van der Waals surface area contributed by atoms with Crippen LogP contribution < -0.4 is 10.1 Å². The molecule has 3 atom stereocenters. The third-order valence-corrected chi connectivity index (χ3v) is 6.59. The Morgan fingerprint density at radius 2 is 1.83 bits per heavy atom. The van der Waals surface area contributed by atoms with Crippen LogP contribution in [0, 0.1) is 21.4 Å². The number of benzene rings is 2. The molecular weight excluding hydrogens is 513 g/mol. The number of nitro benzene ring substituents is 1. The Labute approximate surface area is 218 Å². The number of amides is 2. The van der Waals surface area contributed by atoms with Crippen molar-refractivity contribution in [3.63, 3.8) is 0 Å². The Kier molecular flexibility index (Phi) is 8.65. The first-order chi connectivity index (χ1) is 16.8. The summed E-state index contributed by atoms with van der Waals surface area (Å²) >= 11 is 12.3. The summed E-state index contributed by atoms with van der Waals surface area (Å²) in [5.41, 5.74) is 0.186. The van der Waals surface area contributed by atoms with Crippen LogP contribution >= 0.6 is 23.2 Å². The van der Waals surface area contributed by atoms with E-state index in [2.05, 4.69) is 5.32 Å². The number of carbonyl (C=O) groups is 2. The first-order valence-electron chi connectivity index (χ1n) is 11.1. The van der Waals surface area contributed by atoms with Crippen LogP contribution in [0.25, 0.3) is 0 Å². The van der Waals surface area contributed by atoms with E-state index in [1.807, 2.05) is 20.8 Å². The smallest absolute Gasteiger partial charge is 0.412 e. The summed E-state index contributed by atoms with van der Waals surface area (Å²) in [6, 6.07) is 10.1. The molecule has 36 heavy (non-hydrogen) atoms. The highest BCUT2D eigenvalue weighted by atomic mass is 35.5. The monoisotopic (exact) mass is 539 g/mol. The molecule has 2 N–H and O–H groups in total. The number of nitrogens with zero attached hydrogens (tertiary/aromatic N) is 2. The number of carbonyl (C=O) groups excluding carboxylic acids is 1. The summed E-state index contributed by atoms with van der Waals surface area (Å²) in [5.74, 6) is -0.369. The number of rotatable bonds is 5. The molecule has 0 spiro atoms. The summed E-state index contributed by atoms with van der Waals surface area (Å²) in [4.78, 5) is 36.0. The number of hydrogen-bond acceptors (Lipinski definition) is 6. The van der Waals surface area contributed by atoms with Gasteiger partial charge in [-0.25, -0.2) is 9.59 Å². The Bertz CT molecular complexity index is 1120. The zero-order valence-electron chi connectivity index (χ0n) is 19.9. The van der Waals surface area contributed by atoms with Crippen LogP contribution in [-0.2, 0) is 4.74 Å². The van der Waals surface area contributed by atoms with Crippen molar-refractivity contribution in [2.45, 2.75) is 33.0 Å². The molecule has 10 nitrogen and oxygen atoms in total. The molecule has 2 aromatic rings. The highest BCUT2D eigenvalue weighted by Gasteiger charge is 2.40. The quantitative estimate of drug-likeness (QED) is 0.364. The zero-order chi connectivity index (χ0) is 26.6. The summed E-state index contributed by atoms with van der Waals surface area (Å²) < 4.78 is 11.7. The second-order valence-corrected chi connectivity index (χ2v) is 10.4.